The van der Waals surface area contributed by atoms with Crippen molar-refractivity contribution in [2.24, 2.45) is 0 Å². The first-order valence-corrected chi connectivity index (χ1v) is 6.28. The zero-order valence-electron chi connectivity index (χ0n) is 11.4. The van der Waals surface area contributed by atoms with Gasteiger partial charge < -0.3 is 19.6 Å². The van der Waals surface area contributed by atoms with Crippen LogP contribution < -0.4 is 5.32 Å². The number of aromatic carboxylic acids is 1. The minimum Gasteiger partial charge on any atom is -0.475 e. The molecule has 0 aliphatic heterocycles. The highest BCUT2D eigenvalue weighted by molar-refractivity contribution is 5.84. The van der Waals surface area contributed by atoms with E-state index in [9.17, 15) is 4.79 Å². The first-order chi connectivity index (χ1) is 9.61. The number of anilines is 1. The average molecular weight is 275 g/mol. The van der Waals surface area contributed by atoms with Gasteiger partial charge in [0.05, 0.1) is 12.6 Å². The van der Waals surface area contributed by atoms with Crippen LogP contribution in [0.15, 0.2) is 40.8 Å². The van der Waals surface area contributed by atoms with Gasteiger partial charge in [-0.1, -0.05) is 18.2 Å². The Morgan fingerprint density at radius 1 is 1.35 bits per heavy atom. The number of ether oxygens (including phenoxy) is 1. The van der Waals surface area contributed by atoms with Gasteiger partial charge in [-0.05, 0) is 25.1 Å². The molecule has 2 rings (SSSR count). The summed E-state index contributed by atoms with van der Waals surface area (Å²) in [5, 5.41) is 12.2. The topological polar surface area (TPSA) is 71.7 Å². The number of carboxylic acids is 1. The number of methoxy groups -OCH3 is 1. The molecule has 0 aliphatic carbocycles. The van der Waals surface area contributed by atoms with Crippen LogP contribution in [0.3, 0.4) is 0 Å². The Kier molecular flexibility index (Phi) is 4.42. The molecule has 0 amide bonds. The standard InChI is InChI=1S/C15H17NO4/c1-10(13-7-8-14(20-13)15(17)18)16-12-6-4-3-5-11(12)9-19-2/h3-8,10,16H,9H2,1-2H3,(H,17,18). The minimum atomic E-state index is -1.07. The zero-order valence-corrected chi connectivity index (χ0v) is 11.4. The second kappa shape index (κ2) is 6.25. The maximum Gasteiger partial charge on any atom is 0.371 e. The Balaban J connectivity index is 2.14. The predicted octanol–water partition coefficient (Wildman–Crippen LogP) is 3.30. The third kappa shape index (κ3) is 3.19. The average Bonchev–Trinajstić information content (AvgIpc) is 2.91. The van der Waals surface area contributed by atoms with Crippen LogP contribution in [0.4, 0.5) is 5.69 Å². The van der Waals surface area contributed by atoms with E-state index >= 15 is 0 Å². The van der Waals surface area contributed by atoms with E-state index in [-0.39, 0.29) is 11.8 Å². The smallest absolute Gasteiger partial charge is 0.371 e. The summed E-state index contributed by atoms with van der Waals surface area (Å²) in [7, 11) is 1.64. The van der Waals surface area contributed by atoms with Crippen LogP contribution in [0.1, 0.15) is 34.8 Å². The largest absolute Gasteiger partial charge is 0.475 e. The van der Waals surface area contributed by atoms with Crippen molar-refractivity contribution in [2.75, 3.05) is 12.4 Å². The summed E-state index contributed by atoms with van der Waals surface area (Å²) in [6.07, 6.45) is 0. The normalized spacial score (nSPS) is 12.1. The number of nitrogens with one attached hydrogen (secondary N) is 1. The van der Waals surface area contributed by atoms with Crippen molar-refractivity contribution in [3.63, 3.8) is 0 Å². The second-order valence-electron chi connectivity index (χ2n) is 4.46. The molecule has 0 radical (unpaired) electrons. The third-order valence-electron chi connectivity index (χ3n) is 2.95. The summed E-state index contributed by atoms with van der Waals surface area (Å²) >= 11 is 0. The van der Waals surface area contributed by atoms with Crippen LogP contribution in [0.5, 0.6) is 0 Å². The lowest BCUT2D eigenvalue weighted by Crippen LogP contribution is -2.08. The van der Waals surface area contributed by atoms with Gasteiger partial charge in [0.1, 0.15) is 5.76 Å². The van der Waals surface area contributed by atoms with E-state index in [1.807, 2.05) is 31.2 Å². The lowest BCUT2D eigenvalue weighted by atomic mass is 10.1. The maximum atomic E-state index is 10.8. The Hall–Kier alpha value is -2.27. The van der Waals surface area contributed by atoms with Crippen LogP contribution in [-0.2, 0) is 11.3 Å². The molecular weight excluding hydrogens is 258 g/mol. The van der Waals surface area contributed by atoms with E-state index < -0.39 is 5.97 Å². The van der Waals surface area contributed by atoms with Crippen molar-refractivity contribution >= 4 is 11.7 Å². The van der Waals surface area contributed by atoms with Crippen LogP contribution in [0.2, 0.25) is 0 Å². The summed E-state index contributed by atoms with van der Waals surface area (Å²) in [6, 6.07) is 10.8. The van der Waals surface area contributed by atoms with E-state index in [1.165, 1.54) is 6.07 Å². The zero-order chi connectivity index (χ0) is 14.5. The Morgan fingerprint density at radius 2 is 2.10 bits per heavy atom. The molecule has 0 saturated heterocycles. The van der Waals surface area contributed by atoms with E-state index in [1.54, 1.807) is 13.2 Å². The highest BCUT2D eigenvalue weighted by Crippen LogP contribution is 2.24. The van der Waals surface area contributed by atoms with Crippen LogP contribution >= 0.6 is 0 Å². The maximum absolute atomic E-state index is 10.8. The molecule has 0 aliphatic rings. The fraction of sp³-hybridized carbons (Fsp3) is 0.267. The van der Waals surface area contributed by atoms with Crippen molar-refractivity contribution < 1.29 is 19.1 Å². The summed E-state index contributed by atoms with van der Waals surface area (Å²) in [5.74, 6) is -0.545. The van der Waals surface area contributed by atoms with Gasteiger partial charge in [0, 0.05) is 18.4 Å². The lowest BCUT2D eigenvalue weighted by molar-refractivity contribution is 0.0660. The second-order valence-corrected chi connectivity index (χ2v) is 4.46. The van der Waals surface area contributed by atoms with Crippen LogP contribution in [-0.4, -0.2) is 18.2 Å². The fourth-order valence-electron chi connectivity index (χ4n) is 1.95. The molecule has 2 aromatic rings. The van der Waals surface area contributed by atoms with Gasteiger partial charge in [0.2, 0.25) is 5.76 Å². The molecule has 20 heavy (non-hydrogen) atoms. The first-order valence-electron chi connectivity index (χ1n) is 6.28. The molecule has 0 saturated carbocycles. The third-order valence-corrected chi connectivity index (χ3v) is 2.95. The number of furan rings is 1. The molecule has 0 bridgehead atoms. The quantitative estimate of drug-likeness (QED) is 0.846. The molecular formula is C15H17NO4. The molecule has 2 N–H and O–H groups in total. The lowest BCUT2D eigenvalue weighted by Gasteiger charge is -2.16. The van der Waals surface area contributed by atoms with Gasteiger partial charge in [0.15, 0.2) is 0 Å². The van der Waals surface area contributed by atoms with E-state index in [0.717, 1.165) is 11.3 Å². The SMILES string of the molecule is COCc1ccccc1NC(C)c1ccc(C(=O)O)o1. The van der Waals surface area contributed by atoms with Gasteiger partial charge in [0.25, 0.3) is 0 Å². The minimum absolute atomic E-state index is 0.0566. The van der Waals surface area contributed by atoms with Gasteiger partial charge >= 0.3 is 5.97 Å². The van der Waals surface area contributed by atoms with Gasteiger partial charge in [-0.25, -0.2) is 4.79 Å². The Bertz CT molecular complexity index is 591. The van der Waals surface area contributed by atoms with Crippen molar-refractivity contribution in [2.45, 2.75) is 19.6 Å². The Labute approximate surface area is 117 Å². The number of benzene rings is 1. The van der Waals surface area contributed by atoms with Crippen LogP contribution in [0, 0.1) is 0 Å². The number of hydrogen-bond donors (Lipinski definition) is 2. The van der Waals surface area contributed by atoms with E-state index in [0.29, 0.717) is 12.4 Å². The summed E-state index contributed by atoms with van der Waals surface area (Å²) in [6.45, 7) is 2.42. The van der Waals surface area contributed by atoms with E-state index in [4.69, 9.17) is 14.3 Å². The Morgan fingerprint density at radius 3 is 2.75 bits per heavy atom. The molecule has 1 aromatic carbocycles. The number of para-hydroxylation sites is 1. The molecule has 5 nitrogen and oxygen atoms in total. The summed E-state index contributed by atoms with van der Waals surface area (Å²) < 4.78 is 10.4. The van der Waals surface area contributed by atoms with E-state index in [2.05, 4.69) is 5.32 Å². The fourth-order valence-corrected chi connectivity index (χ4v) is 1.95. The molecule has 1 atom stereocenters. The number of hydrogen-bond acceptors (Lipinski definition) is 4. The first kappa shape index (κ1) is 14.1. The number of carboxylic acid groups (broad SMARTS) is 1. The molecule has 5 heteroatoms. The van der Waals surface area contributed by atoms with Crippen molar-refractivity contribution in [3.8, 4) is 0 Å². The molecule has 1 heterocycles. The highest BCUT2D eigenvalue weighted by Gasteiger charge is 2.15. The molecule has 1 unspecified atom stereocenters. The van der Waals surface area contributed by atoms with Gasteiger partial charge in [-0.2, -0.15) is 0 Å². The molecule has 106 valence electrons. The number of rotatable bonds is 6. The summed E-state index contributed by atoms with van der Waals surface area (Å²) in [5.41, 5.74) is 1.97. The van der Waals surface area contributed by atoms with Gasteiger partial charge in [-0.15, -0.1) is 0 Å². The number of carbonyl (C=O) groups is 1. The highest BCUT2D eigenvalue weighted by atomic mass is 16.5. The van der Waals surface area contributed by atoms with Crippen molar-refractivity contribution in [1.29, 1.82) is 0 Å². The monoisotopic (exact) mass is 275 g/mol. The molecule has 0 fully saturated rings. The molecule has 1 aromatic heterocycles. The van der Waals surface area contributed by atoms with Gasteiger partial charge in [-0.3, -0.25) is 0 Å². The van der Waals surface area contributed by atoms with Crippen LogP contribution in [0.25, 0.3) is 0 Å². The molecule has 0 spiro atoms. The van der Waals surface area contributed by atoms with Crippen molar-refractivity contribution in [3.05, 3.63) is 53.5 Å². The summed E-state index contributed by atoms with van der Waals surface area (Å²) in [4.78, 5) is 10.8. The predicted molar refractivity (Wildman–Crippen MR) is 74.9 cm³/mol. The van der Waals surface area contributed by atoms with Crippen molar-refractivity contribution in [1.82, 2.24) is 0 Å².